The highest BCUT2D eigenvalue weighted by Crippen LogP contribution is 2.31. The molecule has 4 heteroatoms. The molecule has 1 fully saturated rings. The topological polar surface area (TPSA) is 50.9 Å². The number of nitrogens with one attached hydrogen (secondary N) is 1. The Morgan fingerprint density at radius 1 is 1.44 bits per heavy atom. The summed E-state index contributed by atoms with van der Waals surface area (Å²) in [7, 11) is 0. The van der Waals surface area contributed by atoms with E-state index in [0.29, 0.717) is 0 Å². The molecule has 1 saturated carbocycles. The van der Waals surface area contributed by atoms with Gasteiger partial charge in [-0.1, -0.05) is 6.42 Å². The number of hydrogen-bond acceptors (Lipinski definition) is 4. The van der Waals surface area contributed by atoms with Crippen molar-refractivity contribution in [3.63, 3.8) is 0 Å². The smallest absolute Gasteiger partial charge is 0.106 e. The summed E-state index contributed by atoms with van der Waals surface area (Å²) in [5.41, 5.74) is 10.7. The second-order valence-corrected chi connectivity index (χ2v) is 5.29. The zero-order valence-corrected chi connectivity index (χ0v) is 9.89. The van der Waals surface area contributed by atoms with Gasteiger partial charge in [0, 0.05) is 6.54 Å². The molecular weight excluding hydrogens is 218 g/mol. The number of nitrogens with two attached hydrogens (primary N) is 1. The van der Waals surface area contributed by atoms with Crippen molar-refractivity contribution in [2.24, 2.45) is 5.92 Å². The van der Waals surface area contributed by atoms with Gasteiger partial charge in [0.25, 0.3) is 0 Å². The highest BCUT2D eigenvalue weighted by atomic mass is 32.1. The number of anilines is 2. The maximum absolute atomic E-state index is 6.09. The Labute approximate surface area is 98.7 Å². The van der Waals surface area contributed by atoms with E-state index in [0.717, 1.165) is 34.1 Å². The molecule has 16 heavy (non-hydrogen) atoms. The van der Waals surface area contributed by atoms with E-state index in [1.165, 1.54) is 19.3 Å². The Hall–Kier alpha value is -1.29. The number of benzene rings is 1. The third-order valence-corrected chi connectivity index (χ3v) is 4.14. The highest BCUT2D eigenvalue weighted by Gasteiger charge is 2.17. The Kier molecular flexibility index (Phi) is 2.44. The van der Waals surface area contributed by atoms with Crippen LogP contribution >= 0.6 is 11.3 Å². The molecule has 0 saturated heterocycles. The first kappa shape index (κ1) is 9.90. The minimum atomic E-state index is 0.790. The van der Waals surface area contributed by atoms with Crippen LogP contribution in [0.4, 0.5) is 11.4 Å². The van der Waals surface area contributed by atoms with Crippen LogP contribution in [0, 0.1) is 5.92 Å². The van der Waals surface area contributed by atoms with Crippen LogP contribution in [0.5, 0.6) is 0 Å². The van der Waals surface area contributed by atoms with Gasteiger partial charge in [-0.15, -0.1) is 11.3 Å². The van der Waals surface area contributed by atoms with Gasteiger partial charge in [-0.3, -0.25) is 0 Å². The lowest BCUT2D eigenvalue weighted by Crippen LogP contribution is -2.21. The number of nitrogen functional groups attached to an aromatic ring is 1. The van der Waals surface area contributed by atoms with Gasteiger partial charge in [-0.05, 0) is 30.9 Å². The molecule has 0 bridgehead atoms. The number of thiazole rings is 1. The van der Waals surface area contributed by atoms with Crippen LogP contribution in [0.2, 0.25) is 0 Å². The van der Waals surface area contributed by atoms with Crippen molar-refractivity contribution in [1.82, 2.24) is 4.98 Å². The van der Waals surface area contributed by atoms with Crippen molar-refractivity contribution in [2.75, 3.05) is 17.6 Å². The molecule has 3 rings (SSSR count). The van der Waals surface area contributed by atoms with E-state index >= 15 is 0 Å². The molecule has 1 aromatic carbocycles. The lowest BCUT2D eigenvalue weighted by molar-refractivity contribution is 0.333. The van der Waals surface area contributed by atoms with E-state index in [9.17, 15) is 0 Å². The van der Waals surface area contributed by atoms with Crippen LogP contribution < -0.4 is 11.1 Å². The average molecular weight is 233 g/mol. The molecule has 1 aromatic heterocycles. The van der Waals surface area contributed by atoms with Crippen molar-refractivity contribution < 1.29 is 0 Å². The largest absolute Gasteiger partial charge is 0.395 e. The first-order valence-corrected chi connectivity index (χ1v) is 6.58. The van der Waals surface area contributed by atoms with Crippen LogP contribution in [-0.4, -0.2) is 11.5 Å². The summed E-state index contributed by atoms with van der Waals surface area (Å²) < 4.78 is 1.16. The van der Waals surface area contributed by atoms with Crippen LogP contribution in [-0.2, 0) is 0 Å². The van der Waals surface area contributed by atoms with Crippen molar-refractivity contribution in [3.05, 3.63) is 17.6 Å². The number of fused-ring (bicyclic) bond motifs is 1. The summed E-state index contributed by atoms with van der Waals surface area (Å²) in [5.74, 6) is 0.838. The van der Waals surface area contributed by atoms with Gasteiger partial charge in [0.15, 0.2) is 0 Å². The molecule has 3 nitrogen and oxygen atoms in total. The quantitative estimate of drug-likeness (QED) is 0.801. The monoisotopic (exact) mass is 233 g/mol. The number of nitrogens with zero attached hydrogens (tertiary/aromatic N) is 1. The highest BCUT2D eigenvalue weighted by molar-refractivity contribution is 7.16. The summed E-state index contributed by atoms with van der Waals surface area (Å²) in [6.45, 7) is 1.04. The molecule has 84 valence electrons. The van der Waals surface area contributed by atoms with Crippen molar-refractivity contribution in [3.8, 4) is 0 Å². The minimum Gasteiger partial charge on any atom is -0.395 e. The predicted octanol–water partition coefficient (Wildman–Crippen LogP) is 3.09. The molecule has 0 amide bonds. The first-order chi connectivity index (χ1) is 7.84. The SMILES string of the molecule is Nc1c(NCC2CCC2)ccc2scnc12. The summed E-state index contributed by atoms with van der Waals surface area (Å²) in [4.78, 5) is 4.29. The molecule has 1 aliphatic rings. The van der Waals surface area contributed by atoms with E-state index in [2.05, 4.69) is 22.4 Å². The van der Waals surface area contributed by atoms with Gasteiger partial charge in [0.1, 0.15) is 5.52 Å². The molecule has 1 aliphatic carbocycles. The van der Waals surface area contributed by atoms with E-state index in [4.69, 9.17) is 5.73 Å². The molecule has 0 unspecified atom stereocenters. The standard InChI is InChI=1S/C12H15N3S/c13-11-9(14-6-8-2-1-3-8)4-5-10-12(11)15-7-16-10/h4-5,7-8,14H,1-3,6,13H2. The van der Waals surface area contributed by atoms with Crippen LogP contribution in [0.15, 0.2) is 17.6 Å². The van der Waals surface area contributed by atoms with Gasteiger partial charge < -0.3 is 11.1 Å². The first-order valence-electron chi connectivity index (χ1n) is 5.70. The summed E-state index contributed by atoms with van der Waals surface area (Å²) >= 11 is 1.63. The zero-order valence-electron chi connectivity index (χ0n) is 9.07. The molecule has 0 atom stereocenters. The number of hydrogen-bond donors (Lipinski definition) is 2. The van der Waals surface area contributed by atoms with Crippen molar-refractivity contribution in [2.45, 2.75) is 19.3 Å². The maximum Gasteiger partial charge on any atom is 0.106 e. The van der Waals surface area contributed by atoms with Crippen molar-refractivity contribution in [1.29, 1.82) is 0 Å². The molecule has 3 N–H and O–H groups in total. The van der Waals surface area contributed by atoms with Gasteiger partial charge in [-0.2, -0.15) is 0 Å². The van der Waals surface area contributed by atoms with Gasteiger partial charge >= 0.3 is 0 Å². The molecule has 0 radical (unpaired) electrons. The Balaban J connectivity index is 1.82. The molecule has 2 aromatic rings. The van der Waals surface area contributed by atoms with Gasteiger partial charge in [0.2, 0.25) is 0 Å². The van der Waals surface area contributed by atoms with Crippen molar-refractivity contribution >= 4 is 32.9 Å². The minimum absolute atomic E-state index is 0.790. The molecule has 0 spiro atoms. The second kappa shape index (κ2) is 3.94. The van der Waals surface area contributed by atoms with Crippen LogP contribution in [0.3, 0.4) is 0 Å². The fourth-order valence-corrected chi connectivity index (χ4v) is 2.75. The van der Waals surface area contributed by atoms with E-state index in [1.54, 1.807) is 11.3 Å². The predicted molar refractivity (Wildman–Crippen MR) is 69.9 cm³/mol. The summed E-state index contributed by atoms with van der Waals surface area (Å²) in [5, 5.41) is 3.44. The molecule has 1 heterocycles. The van der Waals surface area contributed by atoms with E-state index < -0.39 is 0 Å². The van der Waals surface area contributed by atoms with Crippen LogP contribution in [0.25, 0.3) is 10.2 Å². The Morgan fingerprint density at radius 3 is 3.06 bits per heavy atom. The number of rotatable bonds is 3. The lowest BCUT2D eigenvalue weighted by atomic mass is 9.85. The normalized spacial score (nSPS) is 16.2. The number of aromatic nitrogens is 1. The Bertz CT molecular complexity index is 502. The summed E-state index contributed by atoms with van der Waals surface area (Å²) in [6.07, 6.45) is 4.09. The fraction of sp³-hybridized carbons (Fsp3) is 0.417. The lowest BCUT2D eigenvalue weighted by Gasteiger charge is -2.26. The fourth-order valence-electron chi connectivity index (χ4n) is 2.06. The third-order valence-electron chi connectivity index (χ3n) is 3.35. The molecular formula is C12H15N3S. The van der Waals surface area contributed by atoms with E-state index in [1.807, 2.05) is 5.51 Å². The zero-order chi connectivity index (χ0) is 11.0. The average Bonchev–Trinajstić information content (AvgIpc) is 2.67. The third kappa shape index (κ3) is 1.63. The van der Waals surface area contributed by atoms with Crippen LogP contribution in [0.1, 0.15) is 19.3 Å². The van der Waals surface area contributed by atoms with E-state index in [-0.39, 0.29) is 0 Å². The Morgan fingerprint density at radius 2 is 2.31 bits per heavy atom. The van der Waals surface area contributed by atoms with Gasteiger partial charge in [-0.25, -0.2) is 4.98 Å². The maximum atomic E-state index is 6.09. The molecule has 0 aliphatic heterocycles. The van der Waals surface area contributed by atoms with Gasteiger partial charge in [0.05, 0.1) is 21.6 Å². The second-order valence-electron chi connectivity index (χ2n) is 4.40. The summed E-state index contributed by atoms with van der Waals surface area (Å²) in [6, 6.07) is 4.15.